The van der Waals surface area contributed by atoms with Gasteiger partial charge >= 0.3 is 6.09 Å². The van der Waals surface area contributed by atoms with E-state index in [1.165, 1.54) is 45.5 Å². The second-order valence-electron chi connectivity index (χ2n) is 7.93. The van der Waals surface area contributed by atoms with Gasteiger partial charge in [0, 0.05) is 25.3 Å². The van der Waals surface area contributed by atoms with Crippen LogP contribution in [0, 0.1) is 0 Å². The molecular formula is C21H26ClN3O6S. The lowest BCUT2D eigenvalue weighted by atomic mass is 10.2. The number of nitrogens with one attached hydrogen (secondary N) is 2. The lowest BCUT2D eigenvalue weighted by Gasteiger charge is -2.20. The Morgan fingerprint density at radius 1 is 1.03 bits per heavy atom. The van der Waals surface area contributed by atoms with Gasteiger partial charge in [-0.1, -0.05) is 11.6 Å². The molecule has 0 heterocycles. The summed E-state index contributed by atoms with van der Waals surface area (Å²) in [7, 11) is 0.342. The van der Waals surface area contributed by atoms with Gasteiger partial charge in [-0.2, -0.15) is 0 Å². The van der Waals surface area contributed by atoms with Gasteiger partial charge in [0.1, 0.15) is 16.2 Å². The topological polar surface area (TPSA) is 114 Å². The summed E-state index contributed by atoms with van der Waals surface area (Å²) in [6.45, 7) is 5.20. The zero-order valence-electron chi connectivity index (χ0n) is 18.6. The van der Waals surface area contributed by atoms with Gasteiger partial charge in [0.05, 0.1) is 17.8 Å². The summed E-state index contributed by atoms with van der Waals surface area (Å²) in [5, 5.41) is 5.24. The number of sulfonamides is 1. The smallest absolute Gasteiger partial charge is 0.412 e. The highest BCUT2D eigenvalue weighted by atomic mass is 35.5. The molecule has 0 atom stereocenters. The van der Waals surface area contributed by atoms with Gasteiger partial charge in [0.15, 0.2) is 0 Å². The van der Waals surface area contributed by atoms with E-state index in [9.17, 15) is 18.0 Å². The summed E-state index contributed by atoms with van der Waals surface area (Å²) < 4.78 is 36.4. The van der Waals surface area contributed by atoms with Crippen LogP contribution in [0.4, 0.5) is 16.2 Å². The standard InChI is InChI=1S/C21H26ClN3O6S/c1-21(2,3)31-20(27)24-16-12-14(8-10-17(16)30-6)23-19(26)13-7-9-15(22)18(11-13)32(28,29)25(4)5/h7-12H,1-6H3,(H,23,26)(H,24,27). The van der Waals surface area contributed by atoms with E-state index in [2.05, 4.69) is 10.6 Å². The van der Waals surface area contributed by atoms with Gasteiger partial charge < -0.3 is 14.8 Å². The quantitative estimate of drug-likeness (QED) is 0.636. The molecule has 0 spiro atoms. The maximum atomic E-state index is 12.7. The van der Waals surface area contributed by atoms with Gasteiger partial charge in [0.2, 0.25) is 10.0 Å². The highest BCUT2D eigenvalue weighted by Crippen LogP contribution is 2.29. The van der Waals surface area contributed by atoms with Crippen molar-refractivity contribution in [2.45, 2.75) is 31.3 Å². The summed E-state index contributed by atoms with van der Waals surface area (Å²) in [5.41, 5.74) is 0.0233. The number of anilines is 2. The van der Waals surface area contributed by atoms with E-state index in [4.69, 9.17) is 21.1 Å². The van der Waals surface area contributed by atoms with Gasteiger partial charge in [0.25, 0.3) is 5.91 Å². The number of benzene rings is 2. The number of ether oxygens (including phenoxy) is 2. The summed E-state index contributed by atoms with van der Waals surface area (Å²) in [5.74, 6) is -0.204. The number of rotatable bonds is 6. The summed E-state index contributed by atoms with van der Waals surface area (Å²) >= 11 is 6.03. The van der Waals surface area contributed by atoms with Crippen molar-refractivity contribution in [2.24, 2.45) is 0 Å². The van der Waals surface area contributed by atoms with Crippen LogP contribution in [0.3, 0.4) is 0 Å². The summed E-state index contributed by atoms with van der Waals surface area (Å²) in [6.07, 6.45) is -0.685. The molecule has 32 heavy (non-hydrogen) atoms. The third-order valence-corrected chi connectivity index (χ3v) is 6.34. The van der Waals surface area contributed by atoms with Crippen molar-refractivity contribution >= 4 is 45.0 Å². The SMILES string of the molecule is COc1ccc(NC(=O)c2ccc(Cl)c(S(=O)(=O)N(C)C)c2)cc1NC(=O)OC(C)(C)C. The molecule has 2 amide bonds. The first-order valence-electron chi connectivity index (χ1n) is 9.46. The van der Waals surface area contributed by atoms with Crippen LogP contribution in [0.25, 0.3) is 0 Å². The molecule has 2 rings (SSSR count). The number of carbonyl (C=O) groups excluding carboxylic acids is 2. The molecule has 2 aromatic rings. The van der Waals surface area contributed by atoms with Crippen molar-refractivity contribution in [3.63, 3.8) is 0 Å². The first-order chi connectivity index (χ1) is 14.7. The largest absolute Gasteiger partial charge is 0.495 e. The number of carbonyl (C=O) groups is 2. The van der Waals surface area contributed by atoms with E-state index in [1.54, 1.807) is 32.9 Å². The van der Waals surface area contributed by atoms with Crippen LogP contribution in [0.1, 0.15) is 31.1 Å². The molecule has 0 unspecified atom stereocenters. The Hall–Kier alpha value is -2.82. The lowest BCUT2D eigenvalue weighted by molar-refractivity contribution is 0.0635. The molecule has 0 aliphatic carbocycles. The minimum atomic E-state index is -3.84. The molecule has 0 aromatic heterocycles. The van der Waals surface area contributed by atoms with Crippen LogP contribution in [-0.4, -0.2) is 51.5 Å². The van der Waals surface area contributed by atoms with Gasteiger partial charge in [-0.25, -0.2) is 17.5 Å². The fourth-order valence-electron chi connectivity index (χ4n) is 2.54. The van der Waals surface area contributed by atoms with Crippen molar-refractivity contribution in [1.29, 1.82) is 0 Å². The molecule has 2 aromatic carbocycles. The Bertz CT molecular complexity index is 1130. The first kappa shape index (κ1) is 25.4. The molecule has 0 aliphatic heterocycles. The van der Waals surface area contributed by atoms with E-state index >= 15 is 0 Å². The number of halogens is 1. The molecule has 0 saturated heterocycles. The molecule has 0 bridgehead atoms. The monoisotopic (exact) mass is 483 g/mol. The van der Waals surface area contributed by atoms with E-state index < -0.39 is 27.6 Å². The third-order valence-electron chi connectivity index (χ3n) is 4.04. The maximum Gasteiger partial charge on any atom is 0.412 e. The molecule has 2 N–H and O–H groups in total. The number of hydrogen-bond donors (Lipinski definition) is 2. The molecule has 0 saturated carbocycles. The van der Waals surface area contributed by atoms with Gasteiger partial charge in [-0.15, -0.1) is 0 Å². The van der Waals surface area contributed by atoms with Crippen molar-refractivity contribution in [2.75, 3.05) is 31.8 Å². The van der Waals surface area contributed by atoms with Crippen LogP contribution in [0.5, 0.6) is 5.75 Å². The minimum Gasteiger partial charge on any atom is -0.495 e. The Balaban J connectivity index is 2.30. The molecule has 0 aliphatic rings. The van der Waals surface area contributed by atoms with Crippen LogP contribution in [0.2, 0.25) is 5.02 Å². The highest BCUT2D eigenvalue weighted by molar-refractivity contribution is 7.89. The third kappa shape index (κ3) is 6.35. The molecule has 11 heteroatoms. The Kier molecular flexibility index (Phi) is 7.76. The van der Waals surface area contributed by atoms with E-state index in [1.807, 2.05) is 0 Å². The minimum absolute atomic E-state index is 0.00328. The Morgan fingerprint density at radius 2 is 1.69 bits per heavy atom. The first-order valence-corrected chi connectivity index (χ1v) is 11.3. The van der Waals surface area contributed by atoms with Gasteiger partial charge in [-0.3, -0.25) is 10.1 Å². The number of methoxy groups -OCH3 is 1. The molecule has 0 radical (unpaired) electrons. The van der Waals surface area contributed by atoms with Crippen LogP contribution < -0.4 is 15.4 Å². The van der Waals surface area contributed by atoms with Crippen LogP contribution >= 0.6 is 11.6 Å². The predicted octanol–water partition coefficient (Wildman–Crippen LogP) is 4.20. The van der Waals surface area contributed by atoms with Crippen molar-refractivity contribution in [3.05, 3.63) is 47.0 Å². The van der Waals surface area contributed by atoms with Crippen LogP contribution in [0.15, 0.2) is 41.3 Å². The van der Waals surface area contributed by atoms with Crippen molar-refractivity contribution in [3.8, 4) is 5.75 Å². The normalized spacial score (nSPS) is 11.8. The van der Waals surface area contributed by atoms with Crippen LogP contribution in [-0.2, 0) is 14.8 Å². The molecule has 0 fully saturated rings. The summed E-state index contributed by atoms with van der Waals surface area (Å²) in [6, 6.07) is 8.59. The van der Waals surface area contributed by atoms with Crippen molar-refractivity contribution in [1.82, 2.24) is 4.31 Å². The second-order valence-corrected chi connectivity index (χ2v) is 10.5. The summed E-state index contributed by atoms with van der Waals surface area (Å²) in [4.78, 5) is 24.7. The number of amides is 2. The Labute approximate surface area is 192 Å². The molecule has 9 nitrogen and oxygen atoms in total. The maximum absolute atomic E-state index is 12.7. The predicted molar refractivity (Wildman–Crippen MR) is 123 cm³/mol. The zero-order valence-corrected chi connectivity index (χ0v) is 20.2. The lowest BCUT2D eigenvalue weighted by Crippen LogP contribution is -2.27. The number of nitrogens with zero attached hydrogens (tertiary/aromatic N) is 1. The molecule has 174 valence electrons. The fraction of sp³-hybridized carbons (Fsp3) is 0.333. The second kappa shape index (κ2) is 9.76. The highest BCUT2D eigenvalue weighted by Gasteiger charge is 2.23. The molecular weight excluding hydrogens is 458 g/mol. The van der Waals surface area contributed by atoms with Gasteiger partial charge in [-0.05, 0) is 57.2 Å². The average molecular weight is 484 g/mol. The van der Waals surface area contributed by atoms with Crippen molar-refractivity contribution < 1.29 is 27.5 Å². The Morgan fingerprint density at radius 3 is 2.25 bits per heavy atom. The van der Waals surface area contributed by atoms with E-state index in [-0.39, 0.29) is 21.2 Å². The van der Waals surface area contributed by atoms with E-state index in [0.29, 0.717) is 11.4 Å². The average Bonchev–Trinajstić information content (AvgIpc) is 2.66. The zero-order chi connectivity index (χ0) is 24.3. The number of hydrogen-bond acceptors (Lipinski definition) is 6. The fourth-order valence-corrected chi connectivity index (χ4v) is 3.93. The van der Waals surface area contributed by atoms with E-state index in [0.717, 1.165) is 4.31 Å².